The van der Waals surface area contributed by atoms with Gasteiger partial charge in [-0.3, -0.25) is 4.79 Å². The number of anilines is 2. The molecule has 2 aromatic carbocycles. The first-order chi connectivity index (χ1) is 11.5. The van der Waals surface area contributed by atoms with Crippen LogP contribution in [0.4, 0.5) is 11.4 Å². The zero-order valence-electron chi connectivity index (χ0n) is 13.8. The summed E-state index contributed by atoms with van der Waals surface area (Å²) in [5.74, 6) is -0.0101. The van der Waals surface area contributed by atoms with Crippen molar-refractivity contribution in [3.8, 4) is 0 Å². The van der Waals surface area contributed by atoms with Crippen LogP contribution in [-0.2, 0) is 11.2 Å². The zero-order valence-corrected chi connectivity index (χ0v) is 13.8. The van der Waals surface area contributed by atoms with Crippen molar-refractivity contribution in [2.24, 2.45) is 0 Å². The van der Waals surface area contributed by atoms with Crippen molar-refractivity contribution in [1.82, 2.24) is 4.90 Å². The zero-order chi connectivity index (χ0) is 17.1. The molecule has 0 aromatic heterocycles. The number of carbonyl (C=O) groups is 1. The standard InChI is InChI=1S/C19H23N3O2/c1-13-6-8-14(9-7-13)10-18(19(24)22-11-15(23)12-22)21-17-5-3-2-4-16(17)20/h2-9,15,18,21,23H,10-12,20H2,1H3/t18-/m0/s1. The third kappa shape index (κ3) is 3.68. The number of nitrogen functional groups attached to an aromatic ring is 1. The predicted molar refractivity (Wildman–Crippen MR) is 95.7 cm³/mol. The van der Waals surface area contributed by atoms with Crippen molar-refractivity contribution in [3.63, 3.8) is 0 Å². The van der Waals surface area contributed by atoms with Crippen molar-refractivity contribution in [3.05, 3.63) is 59.7 Å². The molecule has 0 spiro atoms. The molecule has 1 aliphatic rings. The highest BCUT2D eigenvalue weighted by Gasteiger charge is 2.33. The summed E-state index contributed by atoms with van der Waals surface area (Å²) in [5, 5.41) is 12.7. The van der Waals surface area contributed by atoms with E-state index in [4.69, 9.17) is 5.73 Å². The van der Waals surface area contributed by atoms with Crippen LogP contribution >= 0.6 is 0 Å². The SMILES string of the molecule is Cc1ccc(C[C@H](Nc2ccccc2N)C(=O)N2CC(O)C2)cc1. The van der Waals surface area contributed by atoms with E-state index in [9.17, 15) is 9.90 Å². The summed E-state index contributed by atoms with van der Waals surface area (Å²) in [6, 6.07) is 15.2. The summed E-state index contributed by atoms with van der Waals surface area (Å²) in [5.41, 5.74) is 9.64. The molecule has 24 heavy (non-hydrogen) atoms. The molecule has 1 heterocycles. The van der Waals surface area contributed by atoms with Crippen molar-refractivity contribution in [2.45, 2.75) is 25.5 Å². The molecule has 0 aliphatic carbocycles. The number of aliphatic hydroxyl groups is 1. The van der Waals surface area contributed by atoms with Gasteiger partial charge in [0.2, 0.25) is 5.91 Å². The van der Waals surface area contributed by atoms with Crippen LogP contribution in [0.15, 0.2) is 48.5 Å². The molecular formula is C19H23N3O2. The first-order valence-electron chi connectivity index (χ1n) is 8.16. The number of rotatable bonds is 5. The number of hydrogen-bond acceptors (Lipinski definition) is 4. The first-order valence-corrected chi connectivity index (χ1v) is 8.16. The number of nitrogens with zero attached hydrogens (tertiary/aromatic N) is 1. The second-order valence-electron chi connectivity index (χ2n) is 6.37. The van der Waals surface area contributed by atoms with Crippen LogP contribution in [0.3, 0.4) is 0 Å². The van der Waals surface area contributed by atoms with Crippen LogP contribution < -0.4 is 11.1 Å². The Hall–Kier alpha value is -2.53. The van der Waals surface area contributed by atoms with E-state index in [0.29, 0.717) is 25.2 Å². The number of nitrogens with one attached hydrogen (secondary N) is 1. The second-order valence-corrected chi connectivity index (χ2v) is 6.37. The molecule has 3 rings (SSSR count). The maximum Gasteiger partial charge on any atom is 0.245 e. The molecule has 0 unspecified atom stereocenters. The quantitative estimate of drug-likeness (QED) is 0.733. The van der Waals surface area contributed by atoms with E-state index in [1.165, 1.54) is 5.56 Å². The Morgan fingerprint density at radius 1 is 1.25 bits per heavy atom. The fourth-order valence-corrected chi connectivity index (χ4v) is 2.83. The molecule has 5 nitrogen and oxygen atoms in total. The van der Waals surface area contributed by atoms with Crippen LogP contribution in [0.25, 0.3) is 0 Å². The lowest BCUT2D eigenvalue weighted by atomic mass is 10.0. The number of nitrogens with two attached hydrogens (primary N) is 1. The predicted octanol–water partition coefficient (Wildman–Crippen LogP) is 1.80. The van der Waals surface area contributed by atoms with E-state index in [1.807, 2.05) is 55.5 Å². The maximum atomic E-state index is 12.8. The van der Waals surface area contributed by atoms with Gasteiger partial charge in [0.25, 0.3) is 0 Å². The topological polar surface area (TPSA) is 78.6 Å². The molecule has 4 N–H and O–H groups in total. The van der Waals surface area contributed by atoms with Crippen LogP contribution in [0.2, 0.25) is 0 Å². The third-order valence-electron chi connectivity index (χ3n) is 4.32. The molecule has 2 aromatic rings. The molecule has 126 valence electrons. The summed E-state index contributed by atoms with van der Waals surface area (Å²) in [6.07, 6.45) is 0.163. The number of hydrogen-bond donors (Lipinski definition) is 3. The van der Waals surface area contributed by atoms with Crippen molar-refractivity contribution in [2.75, 3.05) is 24.1 Å². The largest absolute Gasteiger partial charge is 0.397 e. The summed E-state index contributed by atoms with van der Waals surface area (Å²) in [4.78, 5) is 14.4. The van der Waals surface area contributed by atoms with Gasteiger partial charge in [-0.05, 0) is 24.6 Å². The summed E-state index contributed by atoms with van der Waals surface area (Å²) in [6.45, 7) is 2.83. The number of likely N-dealkylation sites (tertiary alicyclic amines) is 1. The van der Waals surface area contributed by atoms with Crippen molar-refractivity contribution >= 4 is 17.3 Å². The molecule has 1 fully saturated rings. The van der Waals surface area contributed by atoms with Gasteiger partial charge in [-0.25, -0.2) is 0 Å². The van der Waals surface area contributed by atoms with Crippen LogP contribution in [0, 0.1) is 6.92 Å². The van der Waals surface area contributed by atoms with Gasteiger partial charge in [0, 0.05) is 19.5 Å². The Morgan fingerprint density at radius 2 is 1.92 bits per heavy atom. The Morgan fingerprint density at radius 3 is 2.54 bits per heavy atom. The normalized spacial score (nSPS) is 15.7. The molecule has 5 heteroatoms. The Bertz CT molecular complexity index is 709. The lowest BCUT2D eigenvalue weighted by Gasteiger charge is -2.38. The minimum atomic E-state index is -0.412. The van der Waals surface area contributed by atoms with Gasteiger partial charge in [0.05, 0.1) is 17.5 Å². The Balaban J connectivity index is 1.78. The first kappa shape index (κ1) is 16.3. The number of amides is 1. The van der Waals surface area contributed by atoms with E-state index >= 15 is 0 Å². The van der Waals surface area contributed by atoms with E-state index < -0.39 is 12.1 Å². The number of β-amino-alcohol motifs (C(OH)–C–C–N with tert-alkyl or cyclic N) is 1. The number of para-hydroxylation sites is 2. The summed E-state index contributed by atoms with van der Waals surface area (Å²) >= 11 is 0. The summed E-state index contributed by atoms with van der Waals surface area (Å²) < 4.78 is 0. The summed E-state index contributed by atoms with van der Waals surface area (Å²) in [7, 11) is 0. The molecular weight excluding hydrogens is 302 g/mol. The molecule has 1 atom stereocenters. The van der Waals surface area contributed by atoms with Gasteiger partial charge in [0.1, 0.15) is 6.04 Å². The monoisotopic (exact) mass is 325 g/mol. The lowest BCUT2D eigenvalue weighted by molar-refractivity contribution is -0.142. The van der Waals surface area contributed by atoms with Gasteiger partial charge in [-0.15, -0.1) is 0 Å². The highest BCUT2D eigenvalue weighted by atomic mass is 16.3. The number of aryl methyl sites for hydroxylation is 1. The molecule has 0 saturated carbocycles. The van der Waals surface area contributed by atoms with Gasteiger partial charge < -0.3 is 21.1 Å². The highest BCUT2D eigenvalue weighted by Crippen LogP contribution is 2.21. The van der Waals surface area contributed by atoms with E-state index in [0.717, 1.165) is 11.3 Å². The van der Waals surface area contributed by atoms with Gasteiger partial charge >= 0.3 is 0 Å². The fourth-order valence-electron chi connectivity index (χ4n) is 2.83. The number of benzene rings is 2. The van der Waals surface area contributed by atoms with Crippen LogP contribution in [0.5, 0.6) is 0 Å². The van der Waals surface area contributed by atoms with E-state index in [2.05, 4.69) is 5.32 Å². The Kier molecular flexibility index (Phi) is 4.71. The van der Waals surface area contributed by atoms with E-state index in [1.54, 1.807) is 4.90 Å². The van der Waals surface area contributed by atoms with Gasteiger partial charge in [-0.2, -0.15) is 0 Å². The van der Waals surface area contributed by atoms with Gasteiger partial charge in [-0.1, -0.05) is 42.0 Å². The van der Waals surface area contributed by atoms with Crippen LogP contribution in [0.1, 0.15) is 11.1 Å². The minimum Gasteiger partial charge on any atom is -0.397 e. The Labute approximate surface area is 142 Å². The average molecular weight is 325 g/mol. The maximum absolute atomic E-state index is 12.8. The third-order valence-corrected chi connectivity index (χ3v) is 4.32. The number of carbonyl (C=O) groups excluding carboxylic acids is 1. The molecule has 1 saturated heterocycles. The van der Waals surface area contributed by atoms with Gasteiger partial charge in [0.15, 0.2) is 0 Å². The van der Waals surface area contributed by atoms with Crippen molar-refractivity contribution < 1.29 is 9.90 Å². The van der Waals surface area contributed by atoms with E-state index in [-0.39, 0.29) is 5.91 Å². The molecule has 0 bridgehead atoms. The molecule has 1 amide bonds. The lowest BCUT2D eigenvalue weighted by Crippen LogP contribution is -2.57. The second kappa shape index (κ2) is 6.93. The highest BCUT2D eigenvalue weighted by molar-refractivity contribution is 5.87. The molecule has 1 aliphatic heterocycles. The smallest absolute Gasteiger partial charge is 0.245 e. The minimum absolute atomic E-state index is 0.0101. The van der Waals surface area contributed by atoms with Crippen molar-refractivity contribution in [1.29, 1.82) is 0 Å². The molecule has 0 radical (unpaired) electrons. The average Bonchev–Trinajstić information content (AvgIpc) is 2.54. The fraction of sp³-hybridized carbons (Fsp3) is 0.316. The number of aliphatic hydroxyl groups excluding tert-OH is 1. The van der Waals surface area contributed by atoms with Crippen LogP contribution in [-0.4, -0.2) is 41.1 Å².